The topological polar surface area (TPSA) is 35.8 Å². The summed E-state index contributed by atoms with van der Waals surface area (Å²) in [4.78, 5) is 1.31. The minimum absolute atomic E-state index is 0.318. The largest absolute Gasteiger partial charge is 0.294 e. The highest BCUT2D eigenvalue weighted by molar-refractivity contribution is 7.09. The van der Waals surface area contributed by atoms with Crippen LogP contribution in [0.5, 0.6) is 0 Å². The van der Waals surface area contributed by atoms with Gasteiger partial charge in [0.2, 0.25) is 0 Å². The lowest BCUT2D eigenvalue weighted by atomic mass is 9.70. The molecule has 17 heavy (non-hydrogen) atoms. The number of nitriles is 1. The van der Waals surface area contributed by atoms with Crippen LogP contribution in [0.25, 0.3) is 0 Å². The highest BCUT2D eigenvalue weighted by Crippen LogP contribution is 2.36. The van der Waals surface area contributed by atoms with Crippen LogP contribution in [0.15, 0.2) is 17.5 Å². The predicted octanol–water partition coefficient (Wildman–Crippen LogP) is 3.56. The molecule has 0 amide bonds. The molecule has 3 unspecified atom stereocenters. The molecule has 3 atom stereocenters. The van der Waals surface area contributed by atoms with E-state index in [0.717, 1.165) is 19.4 Å². The third kappa shape index (κ3) is 2.70. The Balaban J connectivity index is 2.05. The first kappa shape index (κ1) is 12.6. The van der Waals surface area contributed by atoms with Crippen LogP contribution in [-0.2, 0) is 6.54 Å². The highest BCUT2D eigenvalue weighted by Gasteiger charge is 2.40. The van der Waals surface area contributed by atoms with E-state index in [9.17, 15) is 5.26 Å². The molecule has 1 fully saturated rings. The van der Waals surface area contributed by atoms with E-state index in [2.05, 4.69) is 42.7 Å². The lowest BCUT2D eigenvalue weighted by Crippen LogP contribution is -2.52. The van der Waals surface area contributed by atoms with E-state index >= 15 is 0 Å². The molecule has 92 valence electrons. The molecule has 0 aromatic carbocycles. The molecule has 2 nitrogen and oxygen atoms in total. The van der Waals surface area contributed by atoms with Crippen LogP contribution >= 0.6 is 11.3 Å². The second-order valence-electron chi connectivity index (χ2n) is 5.30. The first-order valence-electron chi connectivity index (χ1n) is 6.35. The zero-order chi connectivity index (χ0) is 12.3. The summed E-state index contributed by atoms with van der Waals surface area (Å²) in [5.41, 5.74) is -0.318. The highest BCUT2D eigenvalue weighted by atomic mass is 32.1. The summed E-state index contributed by atoms with van der Waals surface area (Å²) in [5.74, 6) is 1.10. The lowest BCUT2D eigenvalue weighted by Gasteiger charge is -2.40. The summed E-state index contributed by atoms with van der Waals surface area (Å²) < 4.78 is 0. The molecule has 1 aromatic rings. The summed E-state index contributed by atoms with van der Waals surface area (Å²) in [6.07, 6.45) is 3.40. The van der Waals surface area contributed by atoms with E-state index < -0.39 is 0 Å². The average molecular weight is 248 g/mol. The van der Waals surface area contributed by atoms with Crippen molar-refractivity contribution in [1.82, 2.24) is 5.32 Å². The quantitative estimate of drug-likeness (QED) is 0.888. The first-order valence-corrected chi connectivity index (χ1v) is 7.23. The number of nitrogens with one attached hydrogen (secondary N) is 1. The summed E-state index contributed by atoms with van der Waals surface area (Å²) >= 11 is 1.75. The van der Waals surface area contributed by atoms with Crippen molar-refractivity contribution >= 4 is 11.3 Å². The Hall–Kier alpha value is -0.850. The fourth-order valence-electron chi connectivity index (χ4n) is 2.73. The van der Waals surface area contributed by atoms with Crippen molar-refractivity contribution in [3.05, 3.63) is 22.4 Å². The Labute approximate surface area is 108 Å². The standard InChI is InChI=1S/C14H20N2S/c1-11-5-6-12(2)14(8-11,10-15)16-9-13-4-3-7-17-13/h3-4,7,11-12,16H,5-6,8-9H2,1-2H3. The van der Waals surface area contributed by atoms with Gasteiger partial charge < -0.3 is 0 Å². The molecular weight excluding hydrogens is 228 g/mol. The van der Waals surface area contributed by atoms with Crippen molar-refractivity contribution < 1.29 is 0 Å². The normalized spacial score (nSPS) is 33.2. The second kappa shape index (κ2) is 5.20. The van der Waals surface area contributed by atoms with Gasteiger partial charge in [-0.15, -0.1) is 11.3 Å². The Bertz CT molecular complexity index is 393. The predicted molar refractivity (Wildman–Crippen MR) is 71.7 cm³/mol. The molecule has 0 spiro atoms. The molecule has 1 aliphatic carbocycles. The molecule has 1 aliphatic rings. The fourth-order valence-corrected chi connectivity index (χ4v) is 3.38. The van der Waals surface area contributed by atoms with Gasteiger partial charge in [0.1, 0.15) is 5.54 Å². The van der Waals surface area contributed by atoms with Gasteiger partial charge in [-0.05, 0) is 36.1 Å². The summed E-state index contributed by atoms with van der Waals surface area (Å²) in [7, 11) is 0. The molecule has 0 saturated heterocycles. The van der Waals surface area contributed by atoms with Crippen LogP contribution in [0.2, 0.25) is 0 Å². The smallest absolute Gasteiger partial charge is 0.109 e. The van der Waals surface area contributed by atoms with E-state index in [1.807, 2.05) is 0 Å². The molecule has 0 aliphatic heterocycles. The van der Waals surface area contributed by atoms with E-state index in [4.69, 9.17) is 0 Å². The van der Waals surface area contributed by atoms with Crippen LogP contribution in [0.1, 0.15) is 38.0 Å². The van der Waals surface area contributed by atoms with Gasteiger partial charge in [0.15, 0.2) is 0 Å². The average Bonchev–Trinajstić information content (AvgIpc) is 2.84. The van der Waals surface area contributed by atoms with Gasteiger partial charge in [-0.3, -0.25) is 5.32 Å². The Morgan fingerprint density at radius 1 is 1.53 bits per heavy atom. The maximum Gasteiger partial charge on any atom is 0.109 e. The van der Waals surface area contributed by atoms with Crippen molar-refractivity contribution in [2.75, 3.05) is 0 Å². The lowest BCUT2D eigenvalue weighted by molar-refractivity contribution is 0.169. The van der Waals surface area contributed by atoms with E-state index in [1.54, 1.807) is 11.3 Å². The van der Waals surface area contributed by atoms with Crippen LogP contribution in [0, 0.1) is 23.2 Å². The van der Waals surface area contributed by atoms with Crippen molar-refractivity contribution in [2.24, 2.45) is 11.8 Å². The molecule has 1 aromatic heterocycles. The van der Waals surface area contributed by atoms with E-state index in [-0.39, 0.29) is 5.54 Å². The SMILES string of the molecule is CC1CCC(C)C(C#N)(NCc2cccs2)C1. The molecule has 1 saturated carbocycles. The van der Waals surface area contributed by atoms with E-state index in [1.165, 1.54) is 11.3 Å². The third-order valence-electron chi connectivity index (χ3n) is 3.96. The molecule has 3 heteroatoms. The molecule has 1 N–H and O–H groups in total. The van der Waals surface area contributed by atoms with Crippen LogP contribution < -0.4 is 5.32 Å². The fraction of sp³-hybridized carbons (Fsp3) is 0.643. The van der Waals surface area contributed by atoms with Gasteiger partial charge in [-0.1, -0.05) is 26.3 Å². The van der Waals surface area contributed by atoms with Crippen LogP contribution in [-0.4, -0.2) is 5.54 Å². The van der Waals surface area contributed by atoms with E-state index in [0.29, 0.717) is 11.8 Å². The minimum atomic E-state index is -0.318. The van der Waals surface area contributed by atoms with Gasteiger partial charge in [0.05, 0.1) is 6.07 Å². The van der Waals surface area contributed by atoms with Gasteiger partial charge in [-0.25, -0.2) is 0 Å². The number of rotatable bonds is 3. The molecular formula is C14H20N2S. The minimum Gasteiger partial charge on any atom is -0.294 e. The summed E-state index contributed by atoms with van der Waals surface area (Å²) in [5, 5.41) is 15.2. The molecule has 1 heterocycles. The first-order chi connectivity index (χ1) is 8.16. The summed E-state index contributed by atoms with van der Waals surface area (Å²) in [6, 6.07) is 6.74. The van der Waals surface area contributed by atoms with Gasteiger partial charge in [-0.2, -0.15) is 5.26 Å². The monoisotopic (exact) mass is 248 g/mol. The Morgan fingerprint density at radius 2 is 2.35 bits per heavy atom. The van der Waals surface area contributed by atoms with Gasteiger partial charge in [0.25, 0.3) is 0 Å². The zero-order valence-corrected chi connectivity index (χ0v) is 11.4. The second-order valence-corrected chi connectivity index (χ2v) is 6.34. The van der Waals surface area contributed by atoms with Crippen LogP contribution in [0.4, 0.5) is 0 Å². The Kier molecular flexibility index (Phi) is 3.86. The third-order valence-corrected chi connectivity index (χ3v) is 4.84. The molecule has 0 bridgehead atoms. The maximum atomic E-state index is 9.55. The zero-order valence-electron chi connectivity index (χ0n) is 10.6. The van der Waals surface area contributed by atoms with Gasteiger partial charge in [0, 0.05) is 11.4 Å². The number of thiophene rings is 1. The van der Waals surface area contributed by atoms with Crippen molar-refractivity contribution in [2.45, 2.75) is 45.2 Å². The number of hydrogen-bond acceptors (Lipinski definition) is 3. The molecule has 0 radical (unpaired) electrons. The van der Waals surface area contributed by atoms with Gasteiger partial charge >= 0.3 is 0 Å². The van der Waals surface area contributed by atoms with Crippen molar-refractivity contribution in [3.63, 3.8) is 0 Å². The maximum absolute atomic E-state index is 9.55. The number of nitrogens with zero attached hydrogens (tertiary/aromatic N) is 1. The van der Waals surface area contributed by atoms with Crippen molar-refractivity contribution in [3.8, 4) is 6.07 Å². The summed E-state index contributed by atoms with van der Waals surface area (Å²) in [6.45, 7) is 5.28. The Morgan fingerprint density at radius 3 is 3.00 bits per heavy atom. The molecule has 2 rings (SSSR count). The van der Waals surface area contributed by atoms with Crippen LogP contribution in [0.3, 0.4) is 0 Å². The number of hydrogen-bond donors (Lipinski definition) is 1. The van der Waals surface area contributed by atoms with Crippen molar-refractivity contribution in [1.29, 1.82) is 5.26 Å².